The Morgan fingerprint density at radius 2 is 1.77 bits per heavy atom. The molecule has 0 radical (unpaired) electrons. The van der Waals surface area contributed by atoms with Crippen LogP contribution in [-0.4, -0.2) is 36.4 Å². The Hall–Kier alpha value is -3.87. The topological polar surface area (TPSA) is 111 Å². The molecule has 1 unspecified atom stereocenters. The van der Waals surface area contributed by atoms with E-state index in [0.29, 0.717) is 32.1 Å². The van der Waals surface area contributed by atoms with E-state index in [4.69, 9.17) is 10.5 Å². The Kier molecular flexibility index (Phi) is 7.34. The van der Waals surface area contributed by atoms with Gasteiger partial charge in [-0.25, -0.2) is 0 Å². The molecule has 3 amide bonds. The number of fused-ring (bicyclic) bond motifs is 1. The Morgan fingerprint density at radius 3 is 2.43 bits per heavy atom. The molecule has 0 aliphatic carbocycles. The Morgan fingerprint density at radius 1 is 1.06 bits per heavy atom. The average Bonchev–Trinajstić information content (AvgIpc) is 3.23. The van der Waals surface area contributed by atoms with Gasteiger partial charge >= 0.3 is 0 Å². The number of nitrogens with two attached hydrogens (primary N) is 1. The second kappa shape index (κ2) is 10.6. The van der Waals surface area contributed by atoms with Crippen molar-refractivity contribution in [2.45, 2.75) is 50.1 Å². The molecule has 1 heterocycles. The SMILES string of the molecule is COc1ccc(CC2(CCC(=O)N[C@@H](Cc3ccccc3)C(N)=O)CCC(=O)N2)c2ccccc12. The molecular formula is C28H31N3O4. The molecule has 7 heteroatoms. The van der Waals surface area contributed by atoms with Crippen LogP contribution >= 0.6 is 0 Å². The van der Waals surface area contributed by atoms with Crippen molar-refractivity contribution in [1.82, 2.24) is 10.6 Å². The molecule has 35 heavy (non-hydrogen) atoms. The number of ether oxygens (including phenoxy) is 1. The lowest BCUT2D eigenvalue weighted by Gasteiger charge is -2.30. The Bertz CT molecular complexity index is 1230. The Balaban J connectivity index is 1.48. The van der Waals surface area contributed by atoms with Crippen molar-refractivity contribution >= 4 is 28.5 Å². The van der Waals surface area contributed by atoms with Gasteiger partial charge in [0.05, 0.1) is 7.11 Å². The second-order valence-corrected chi connectivity index (χ2v) is 9.19. The summed E-state index contributed by atoms with van der Waals surface area (Å²) in [5.74, 6) is -0.0490. The summed E-state index contributed by atoms with van der Waals surface area (Å²) in [5, 5.41) is 7.99. The molecule has 2 atom stereocenters. The maximum Gasteiger partial charge on any atom is 0.240 e. The predicted octanol–water partition coefficient (Wildman–Crippen LogP) is 3.03. The summed E-state index contributed by atoms with van der Waals surface area (Å²) < 4.78 is 5.51. The van der Waals surface area contributed by atoms with Gasteiger partial charge in [-0.05, 0) is 41.8 Å². The standard InChI is InChI=1S/C28H31N3O4/c1-35-24-12-11-20(21-9-5-6-10-22(21)24)18-28(16-14-26(33)31-28)15-13-25(32)30-23(27(29)34)17-19-7-3-2-4-8-19/h2-12,23H,13-18H2,1H3,(H2,29,34)(H,30,32)(H,31,33)/t23-,28?/m0/s1. The van der Waals surface area contributed by atoms with E-state index in [9.17, 15) is 14.4 Å². The number of amides is 3. The van der Waals surface area contributed by atoms with Gasteiger partial charge in [0, 0.05) is 30.2 Å². The molecule has 3 aromatic rings. The van der Waals surface area contributed by atoms with Crippen LogP contribution < -0.4 is 21.1 Å². The fraction of sp³-hybridized carbons (Fsp3) is 0.321. The van der Waals surface area contributed by atoms with Crippen molar-refractivity contribution in [3.8, 4) is 5.75 Å². The van der Waals surface area contributed by atoms with Crippen LogP contribution in [0.1, 0.15) is 36.8 Å². The molecule has 0 spiro atoms. The normalized spacial score (nSPS) is 18.1. The van der Waals surface area contributed by atoms with Crippen LogP contribution in [0.5, 0.6) is 5.75 Å². The third kappa shape index (κ3) is 5.80. The lowest BCUT2D eigenvalue weighted by molar-refractivity contribution is -0.127. The first-order chi connectivity index (χ1) is 16.9. The maximum atomic E-state index is 12.8. The van der Waals surface area contributed by atoms with Crippen LogP contribution in [0, 0.1) is 0 Å². The molecule has 182 valence electrons. The number of primary amides is 1. The molecule has 1 aliphatic rings. The van der Waals surface area contributed by atoms with Gasteiger partial charge in [-0.15, -0.1) is 0 Å². The van der Waals surface area contributed by atoms with E-state index in [1.165, 1.54) is 0 Å². The van der Waals surface area contributed by atoms with Crippen LogP contribution in [0.2, 0.25) is 0 Å². The largest absolute Gasteiger partial charge is 0.496 e. The molecule has 1 saturated heterocycles. The van der Waals surface area contributed by atoms with Crippen molar-refractivity contribution in [2.24, 2.45) is 5.73 Å². The first-order valence-corrected chi connectivity index (χ1v) is 11.9. The summed E-state index contributed by atoms with van der Waals surface area (Å²) in [6.45, 7) is 0. The van der Waals surface area contributed by atoms with Crippen LogP contribution in [0.15, 0.2) is 66.7 Å². The van der Waals surface area contributed by atoms with Crippen LogP contribution in [0.4, 0.5) is 0 Å². The lowest BCUT2D eigenvalue weighted by Crippen LogP contribution is -2.48. The zero-order valence-electron chi connectivity index (χ0n) is 19.9. The average molecular weight is 474 g/mol. The third-order valence-electron chi connectivity index (χ3n) is 6.75. The molecule has 0 aromatic heterocycles. The van der Waals surface area contributed by atoms with Crippen molar-refractivity contribution < 1.29 is 19.1 Å². The quantitative estimate of drug-likeness (QED) is 0.420. The van der Waals surface area contributed by atoms with Crippen LogP contribution in [0.3, 0.4) is 0 Å². The molecule has 7 nitrogen and oxygen atoms in total. The number of carbonyl (C=O) groups excluding carboxylic acids is 3. The van der Waals surface area contributed by atoms with Gasteiger partial charge in [0.1, 0.15) is 11.8 Å². The number of benzene rings is 3. The lowest BCUT2D eigenvalue weighted by atomic mass is 9.83. The smallest absolute Gasteiger partial charge is 0.240 e. The minimum atomic E-state index is -0.787. The second-order valence-electron chi connectivity index (χ2n) is 9.19. The van der Waals surface area contributed by atoms with E-state index >= 15 is 0 Å². The summed E-state index contributed by atoms with van der Waals surface area (Å²) in [6.07, 6.45) is 2.63. The molecule has 1 fully saturated rings. The highest BCUT2D eigenvalue weighted by atomic mass is 16.5. The number of carbonyl (C=O) groups is 3. The monoisotopic (exact) mass is 473 g/mol. The van der Waals surface area contributed by atoms with E-state index in [-0.39, 0.29) is 18.2 Å². The van der Waals surface area contributed by atoms with Gasteiger partial charge < -0.3 is 21.1 Å². The molecule has 4 N–H and O–H groups in total. The molecule has 4 rings (SSSR count). The fourth-order valence-corrected chi connectivity index (χ4v) is 4.90. The third-order valence-corrected chi connectivity index (χ3v) is 6.75. The van der Waals surface area contributed by atoms with Crippen molar-refractivity contribution in [3.63, 3.8) is 0 Å². The van der Waals surface area contributed by atoms with Gasteiger partial charge in [-0.3, -0.25) is 14.4 Å². The van der Waals surface area contributed by atoms with Crippen molar-refractivity contribution in [1.29, 1.82) is 0 Å². The fourth-order valence-electron chi connectivity index (χ4n) is 4.90. The number of hydrogen-bond acceptors (Lipinski definition) is 4. The van der Waals surface area contributed by atoms with Gasteiger partial charge in [0.2, 0.25) is 17.7 Å². The summed E-state index contributed by atoms with van der Waals surface area (Å²) in [7, 11) is 1.65. The minimum Gasteiger partial charge on any atom is -0.496 e. The number of nitrogens with one attached hydrogen (secondary N) is 2. The highest BCUT2D eigenvalue weighted by Crippen LogP contribution is 2.34. The first kappa shape index (κ1) is 24.3. The van der Waals surface area contributed by atoms with Crippen molar-refractivity contribution in [2.75, 3.05) is 7.11 Å². The van der Waals surface area contributed by atoms with Gasteiger partial charge in [-0.2, -0.15) is 0 Å². The van der Waals surface area contributed by atoms with Crippen LogP contribution in [0.25, 0.3) is 10.8 Å². The van der Waals surface area contributed by atoms with Gasteiger partial charge in [0.15, 0.2) is 0 Å². The number of rotatable bonds is 10. The summed E-state index contributed by atoms with van der Waals surface area (Å²) in [6, 6.07) is 20.6. The number of methoxy groups -OCH3 is 1. The van der Waals surface area contributed by atoms with E-state index in [1.807, 2.05) is 66.7 Å². The molecule has 3 aromatic carbocycles. The molecule has 0 bridgehead atoms. The number of hydrogen-bond donors (Lipinski definition) is 3. The van der Waals surface area contributed by atoms with Crippen molar-refractivity contribution in [3.05, 3.63) is 77.9 Å². The van der Waals surface area contributed by atoms with Gasteiger partial charge in [0.25, 0.3) is 0 Å². The van der Waals surface area contributed by atoms with E-state index < -0.39 is 17.5 Å². The maximum absolute atomic E-state index is 12.8. The highest BCUT2D eigenvalue weighted by Gasteiger charge is 2.38. The predicted molar refractivity (Wildman–Crippen MR) is 135 cm³/mol. The van der Waals surface area contributed by atoms with E-state index in [1.54, 1.807) is 7.11 Å². The Labute approximate surface area is 205 Å². The summed E-state index contributed by atoms with van der Waals surface area (Å²) >= 11 is 0. The molecule has 1 aliphatic heterocycles. The van der Waals surface area contributed by atoms with Crippen LogP contribution in [-0.2, 0) is 27.2 Å². The molecule has 0 saturated carbocycles. The summed E-state index contributed by atoms with van der Waals surface area (Å²) in [4.78, 5) is 37.0. The van der Waals surface area contributed by atoms with Gasteiger partial charge in [-0.1, -0.05) is 60.7 Å². The first-order valence-electron chi connectivity index (χ1n) is 11.9. The highest BCUT2D eigenvalue weighted by molar-refractivity contribution is 5.91. The van der Waals surface area contributed by atoms with E-state index in [2.05, 4.69) is 10.6 Å². The van der Waals surface area contributed by atoms with E-state index in [0.717, 1.165) is 27.6 Å². The zero-order valence-corrected chi connectivity index (χ0v) is 19.9. The minimum absolute atomic E-state index is 0.0117. The zero-order chi connectivity index (χ0) is 24.8. The molecular weight excluding hydrogens is 442 g/mol. The summed E-state index contributed by atoms with van der Waals surface area (Å²) in [5.41, 5.74) is 7.02.